The first-order valence-electron chi connectivity index (χ1n) is 7.05. The molecular formula is C15H23BrN2O. The van der Waals surface area contributed by atoms with Crippen LogP contribution in [0.25, 0.3) is 0 Å². The number of piperidine rings is 1. The number of nitrogens with two attached hydrogens (primary N) is 1. The first kappa shape index (κ1) is 15.0. The van der Waals surface area contributed by atoms with Crippen molar-refractivity contribution >= 4 is 15.9 Å². The maximum Gasteiger partial charge on any atom is 0.0470 e. The summed E-state index contributed by atoms with van der Waals surface area (Å²) in [5.41, 5.74) is 7.28. The van der Waals surface area contributed by atoms with Crippen LogP contribution in [0.1, 0.15) is 30.9 Å². The van der Waals surface area contributed by atoms with E-state index in [0.29, 0.717) is 25.1 Å². The second kappa shape index (κ2) is 7.39. The predicted octanol–water partition coefficient (Wildman–Crippen LogP) is 2.54. The van der Waals surface area contributed by atoms with Crippen LogP contribution in [0, 0.1) is 5.92 Å². The minimum absolute atomic E-state index is 0.291. The average Bonchev–Trinajstić information content (AvgIpc) is 2.41. The molecule has 2 unspecified atom stereocenters. The van der Waals surface area contributed by atoms with Crippen molar-refractivity contribution in [2.24, 2.45) is 11.7 Å². The summed E-state index contributed by atoms with van der Waals surface area (Å²) in [5, 5.41) is 9.10. The van der Waals surface area contributed by atoms with Gasteiger partial charge in [-0.25, -0.2) is 0 Å². The highest BCUT2D eigenvalue weighted by Crippen LogP contribution is 2.28. The van der Waals surface area contributed by atoms with Gasteiger partial charge in [-0.05, 0) is 49.4 Å². The van der Waals surface area contributed by atoms with Crippen molar-refractivity contribution < 1.29 is 5.11 Å². The topological polar surface area (TPSA) is 49.5 Å². The van der Waals surface area contributed by atoms with Crippen molar-refractivity contribution in [2.45, 2.75) is 25.3 Å². The van der Waals surface area contributed by atoms with Crippen molar-refractivity contribution in [3.05, 3.63) is 34.3 Å². The van der Waals surface area contributed by atoms with E-state index in [4.69, 9.17) is 10.8 Å². The highest BCUT2D eigenvalue weighted by Gasteiger charge is 2.25. The molecule has 1 aromatic rings. The zero-order chi connectivity index (χ0) is 13.7. The Bertz CT molecular complexity index is 397. The average molecular weight is 327 g/mol. The lowest BCUT2D eigenvalue weighted by atomic mass is 9.92. The minimum atomic E-state index is 0.291. The van der Waals surface area contributed by atoms with Crippen molar-refractivity contribution in [1.29, 1.82) is 0 Å². The molecule has 3 N–H and O–H groups in total. The Morgan fingerprint density at radius 1 is 1.47 bits per heavy atom. The maximum absolute atomic E-state index is 9.10. The molecule has 0 aromatic heterocycles. The predicted molar refractivity (Wildman–Crippen MR) is 81.9 cm³/mol. The summed E-state index contributed by atoms with van der Waals surface area (Å²) in [5.74, 6) is 0.611. The zero-order valence-corrected chi connectivity index (χ0v) is 12.8. The summed E-state index contributed by atoms with van der Waals surface area (Å²) in [4.78, 5) is 2.48. The van der Waals surface area contributed by atoms with Crippen LogP contribution in [0.3, 0.4) is 0 Å². The van der Waals surface area contributed by atoms with E-state index < -0.39 is 0 Å². The molecule has 3 nitrogen and oxygen atoms in total. The van der Waals surface area contributed by atoms with E-state index >= 15 is 0 Å². The van der Waals surface area contributed by atoms with E-state index in [0.717, 1.165) is 24.0 Å². The molecule has 2 rings (SSSR count). The fourth-order valence-corrected chi connectivity index (χ4v) is 3.43. The van der Waals surface area contributed by atoms with Gasteiger partial charge in [0.05, 0.1) is 0 Å². The van der Waals surface area contributed by atoms with Gasteiger partial charge in [-0.1, -0.05) is 28.1 Å². The lowest BCUT2D eigenvalue weighted by molar-refractivity contribution is 0.110. The largest absolute Gasteiger partial charge is 0.396 e. The zero-order valence-electron chi connectivity index (χ0n) is 11.3. The fraction of sp³-hybridized carbons (Fsp3) is 0.600. The van der Waals surface area contributed by atoms with Crippen molar-refractivity contribution in [3.8, 4) is 0 Å². The lowest BCUT2D eigenvalue weighted by Gasteiger charge is -2.38. The summed E-state index contributed by atoms with van der Waals surface area (Å²) in [6.07, 6.45) is 3.34. The lowest BCUT2D eigenvalue weighted by Crippen LogP contribution is -2.41. The summed E-state index contributed by atoms with van der Waals surface area (Å²) >= 11 is 3.53. The Morgan fingerprint density at radius 3 is 3.00 bits per heavy atom. The maximum atomic E-state index is 9.10. The molecule has 0 bridgehead atoms. The molecule has 1 aromatic carbocycles. The van der Waals surface area contributed by atoms with Gasteiger partial charge in [0.1, 0.15) is 0 Å². The molecule has 2 atom stereocenters. The Balaban J connectivity index is 2.08. The smallest absolute Gasteiger partial charge is 0.0470 e. The molecule has 1 saturated heterocycles. The van der Waals surface area contributed by atoms with Crippen LogP contribution in [0.2, 0.25) is 0 Å². The minimum Gasteiger partial charge on any atom is -0.396 e. The summed E-state index contributed by atoms with van der Waals surface area (Å²) in [7, 11) is 0. The quantitative estimate of drug-likeness (QED) is 0.874. The molecule has 19 heavy (non-hydrogen) atoms. The number of aliphatic hydroxyl groups is 1. The molecule has 1 aliphatic heterocycles. The Hall–Kier alpha value is -0.420. The molecule has 1 fully saturated rings. The van der Waals surface area contributed by atoms with E-state index in [1.54, 1.807) is 0 Å². The van der Waals surface area contributed by atoms with Crippen LogP contribution in [0.15, 0.2) is 28.7 Å². The second-order valence-electron chi connectivity index (χ2n) is 5.32. The molecule has 0 aliphatic carbocycles. The van der Waals surface area contributed by atoms with Crippen LogP contribution in [-0.4, -0.2) is 36.2 Å². The van der Waals surface area contributed by atoms with Gasteiger partial charge in [-0.15, -0.1) is 0 Å². The molecule has 0 amide bonds. The summed E-state index contributed by atoms with van der Waals surface area (Å²) in [6, 6.07) is 8.71. The molecule has 106 valence electrons. The monoisotopic (exact) mass is 326 g/mol. The first-order valence-corrected chi connectivity index (χ1v) is 7.84. The van der Waals surface area contributed by atoms with Gasteiger partial charge < -0.3 is 10.8 Å². The van der Waals surface area contributed by atoms with Crippen molar-refractivity contribution in [2.75, 3.05) is 26.2 Å². The number of hydrogen-bond acceptors (Lipinski definition) is 3. The van der Waals surface area contributed by atoms with Crippen LogP contribution in [-0.2, 0) is 0 Å². The third-order valence-corrected chi connectivity index (χ3v) is 4.48. The number of rotatable bonds is 5. The third-order valence-electron chi connectivity index (χ3n) is 3.99. The van der Waals surface area contributed by atoms with Crippen LogP contribution in [0.4, 0.5) is 0 Å². The van der Waals surface area contributed by atoms with Gasteiger partial charge >= 0.3 is 0 Å². The molecule has 1 heterocycles. The molecule has 0 saturated carbocycles. The number of benzene rings is 1. The van der Waals surface area contributed by atoms with Gasteiger partial charge in [0.25, 0.3) is 0 Å². The van der Waals surface area contributed by atoms with Gasteiger partial charge in [-0.2, -0.15) is 0 Å². The standard InChI is InChI=1S/C15H23BrN2O/c16-14-5-1-4-13(9-14)15(10-17)18-7-2-3-12(11-18)6-8-19/h1,4-5,9,12,15,19H,2-3,6-8,10-11,17H2. The Kier molecular flexibility index (Phi) is 5.82. The number of halogens is 1. The van der Waals surface area contributed by atoms with E-state index in [1.807, 2.05) is 6.07 Å². The van der Waals surface area contributed by atoms with Crippen LogP contribution >= 0.6 is 15.9 Å². The molecular weight excluding hydrogens is 304 g/mol. The second-order valence-corrected chi connectivity index (χ2v) is 6.24. The van der Waals surface area contributed by atoms with Gasteiger partial charge in [0.2, 0.25) is 0 Å². The third kappa shape index (κ3) is 4.02. The summed E-state index contributed by atoms with van der Waals surface area (Å²) in [6.45, 7) is 3.09. The van der Waals surface area contributed by atoms with Crippen molar-refractivity contribution in [3.63, 3.8) is 0 Å². The van der Waals surface area contributed by atoms with E-state index in [1.165, 1.54) is 18.4 Å². The number of nitrogens with zero attached hydrogens (tertiary/aromatic N) is 1. The highest BCUT2D eigenvalue weighted by atomic mass is 79.9. The normalized spacial score (nSPS) is 22.4. The summed E-state index contributed by atoms with van der Waals surface area (Å²) < 4.78 is 1.10. The van der Waals surface area contributed by atoms with Crippen LogP contribution in [0.5, 0.6) is 0 Å². The van der Waals surface area contributed by atoms with E-state index in [-0.39, 0.29) is 0 Å². The van der Waals surface area contributed by atoms with Gasteiger partial charge in [0, 0.05) is 30.2 Å². The first-order chi connectivity index (χ1) is 9.24. The highest BCUT2D eigenvalue weighted by molar-refractivity contribution is 9.10. The molecule has 0 radical (unpaired) electrons. The molecule has 4 heteroatoms. The van der Waals surface area contributed by atoms with Crippen LogP contribution < -0.4 is 5.73 Å². The fourth-order valence-electron chi connectivity index (χ4n) is 3.01. The number of hydrogen-bond donors (Lipinski definition) is 2. The Labute approximate surface area is 123 Å². The SMILES string of the molecule is NCC(c1cccc(Br)c1)N1CCCC(CCO)C1. The van der Waals surface area contributed by atoms with E-state index in [9.17, 15) is 0 Å². The van der Waals surface area contributed by atoms with Gasteiger partial charge in [-0.3, -0.25) is 4.90 Å². The number of aliphatic hydroxyl groups excluding tert-OH is 1. The number of likely N-dealkylation sites (tertiary alicyclic amines) is 1. The molecule has 1 aliphatic rings. The van der Waals surface area contributed by atoms with E-state index in [2.05, 4.69) is 39.0 Å². The molecule has 0 spiro atoms. The Morgan fingerprint density at radius 2 is 2.32 bits per heavy atom. The van der Waals surface area contributed by atoms with Crippen molar-refractivity contribution in [1.82, 2.24) is 4.90 Å². The van der Waals surface area contributed by atoms with Gasteiger partial charge in [0.15, 0.2) is 0 Å².